The van der Waals surface area contributed by atoms with Gasteiger partial charge in [-0.3, -0.25) is 14.8 Å². The molecule has 0 spiro atoms. The van der Waals surface area contributed by atoms with Crippen LogP contribution < -0.4 is 5.32 Å². The normalized spacial score (nSPS) is 19.6. The molecule has 3 aromatic rings. The number of carbonyl (C=O) groups excluding carboxylic acids is 1. The molecule has 0 unspecified atom stereocenters. The minimum Gasteiger partial charge on any atom is -0.373 e. The highest BCUT2D eigenvalue weighted by Crippen LogP contribution is 2.35. The first-order valence-electron chi connectivity index (χ1n) is 8.97. The second-order valence-corrected chi connectivity index (χ2v) is 6.49. The Balaban J connectivity index is 1.63. The van der Waals surface area contributed by atoms with Gasteiger partial charge in [0, 0.05) is 30.1 Å². The highest BCUT2D eigenvalue weighted by atomic mass is 16.5. The summed E-state index contributed by atoms with van der Waals surface area (Å²) in [6, 6.07) is 13.7. The molecule has 3 heterocycles. The minimum absolute atomic E-state index is 0.0187. The van der Waals surface area contributed by atoms with Gasteiger partial charge in [0.1, 0.15) is 0 Å². The van der Waals surface area contributed by atoms with E-state index in [2.05, 4.69) is 22.2 Å². The van der Waals surface area contributed by atoms with Gasteiger partial charge < -0.3 is 10.1 Å². The third kappa shape index (κ3) is 3.18. The molecule has 1 aliphatic rings. The second-order valence-electron chi connectivity index (χ2n) is 6.49. The van der Waals surface area contributed by atoms with Crippen molar-refractivity contribution in [1.29, 1.82) is 0 Å². The fraction of sp³-hybridized carbons (Fsp3) is 0.286. The van der Waals surface area contributed by atoms with Crippen LogP contribution in [0.3, 0.4) is 0 Å². The lowest BCUT2D eigenvalue weighted by molar-refractivity contribution is -0.121. The van der Waals surface area contributed by atoms with E-state index in [-0.39, 0.29) is 17.9 Å². The van der Waals surface area contributed by atoms with Gasteiger partial charge >= 0.3 is 0 Å². The summed E-state index contributed by atoms with van der Waals surface area (Å²) in [5, 5.41) is 4.08. The maximum absolute atomic E-state index is 13.0. The van der Waals surface area contributed by atoms with E-state index in [4.69, 9.17) is 4.74 Å². The Labute approximate surface area is 152 Å². The maximum atomic E-state index is 13.0. The van der Waals surface area contributed by atoms with E-state index < -0.39 is 0 Å². The third-order valence-corrected chi connectivity index (χ3v) is 4.83. The average molecular weight is 347 g/mol. The van der Waals surface area contributed by atoms with Gasteiger partial charge in [0.15, 0.2) is 0 Å². The number of anilines is 1. The number of carbonyl (C=O) groups is 1. The van der Waals surface area contributed by atoms with E-state index >= 15 is 0 Å². The summed E-state index contributed by atoms with van der Waals surface area (Å²) in [7, 11) is 0. The maximum Gasteiger partial charge on any atom is 0.230 e. The predicted molar refractivity (Wildman–Crippen MR) is 101 cm³/mol. The predicted octanol–water partition coefficient (Wildman–Crippen LogP) is 3.91. The summed E-state index contributed by atoms with van der Waals surface area (Å²) < 4.78 is 5.83. The number of pyridine rings is 2. The zero-order valence-electron chi connectivity index (χ0n) is 14.7. The number of ether oxygens (including phenoxy) is 1. The van der Waals surface area contributed by atoms with Gasteiger partial charge in [-0.25, -0.2) is 0 Å². The number of aromatic nitrogens is 2. The summed E-state index contributed by atoms with van der Waals surface area (Å²) in [6.07, 6.45) is 4.77. The molecular weight excluding hydrogens is 326 g/mol. The Morgan fingerprint density at radius 2 is 2.15 bits per heavy atom. The molecule has 0 saturated carbocycles. The molecule has 132 valence electrons. The van der Waals surface area contributed by atoms with Crippen molar-refractivity contribution in [3.8, 4) is 0 Å². The quantitative estimate of drug-likeness (QED) is 0.777. The first kappa shape index (κ1) is 16.7. The highest BCUT2D eigenvalue weighted by molar-refractivity contribution is 6.02. The Bertz CT molecular complexity index is 927. The average Bonchev–Trinajstić information content (AvgIpc) is 3.18. The number of hydrogen-bond donors (Lipinski definition) is 1. The molecule has 5 nitrogen and oxygen atoms in total. The number of amides is 1. The van der Waals surface area contributed by atoms with Gasteiger partial charge in [-0.05, 0) is 36.6 Å². The molecule has 2 aromatic heterocycles. The lowest BCUT2D eigenvalue weighted by Gasteiger charge is -2.19. The molecule has 1 aliphatic heterocycles. The molecule has 1 aromatic carbocycles. The van der Waals surface area contributed by atoms with Crippen LogP contribution in [0.4, 0.5) is 5.69 Å². The van der Waals surface area contributed by atoms with Crippen molar-refractivity contribution >= 4 is 22.5 Å². The molecule has 5 heteroatoms. The lowest BCUT2D eigenvalue weighted by atomic mass is 9.95. The van der Waals surface area contributed by atoms with Gasteiger partial charge in [-0.2, -0.15) is 0 Å². The minimum atomic E-state index is -0.248. The Morgan fingerprint density at radius 3 is 2.96 bits per heavy atom. The van der Waals surface area contributed by atoms with Gasteiger partial charge in [-0.1, -0.05) is 31.2 Å². The van der Waals surface area contributed by atoms with E-state index in [1.807, 2.05) is 42.5 Å². The zero-order valence-corrected chi connectivity index (χ0v) is 14.7. The molecule has 0 bridgehead atoms. The monoisotopic (exact) mass is 347 g/mol. The van der Waals surface area contributed by atoms with E-state index in [1.54, 1.807) is 12.4 Å². The first-order chi connectivity index (χ1) is 12.8. The fourth-order valence-electron chi connectivity index (χ4n) is 3.47. The summed E-state index contributed by atoms with van der Waals surface area (Å²) in [5.41, 5.74) is 3.62. The number of aryl methyl sites for hydroxylation is 1. The van der Waals surface area contributed by atoms with Crippen LogP contribution in [0.15, 0.2) is 54.9 Å². The van der Waals surface area contributed by atoms with E-state index in [1.165, 1.54) is 0 Å². The Morgan fingerprint density at radius 1 is 1.27 bits per heavy atom. The first-order valence-corrected chi connectivity index (χ1v) is 8.97. The zero-order chi connectivity index (χ0) is 17.9. The van der Waals surface area contributed by atoms with Crippen LogP contribution >= 0.6 is 0 Å². The number of rotatable bonds is 4. The SMILES string of the molecule is CCc1cc(NC(=O)[C@H]2CCO[C@@H]2c2cccnc2)c2ccccc2n1. The summed E-state index contributed by atoms with van der Waals surface area (Å²) in [6.45, 7) is 2.64. The fourth-order valence-corrected chi connectivity index (χ4v) is 3.47. The van der Waals surface area contributed by atoms with Crippen LogP contribution in [0, 0.1) is 5.92 Å². The largest absolute Gasteiger partial charge is 0.373 e. The number of para-hydroxylation sites is 1. The van der Waals surface area contributed by atoms with E-state index in [0.717, 1.165) is 34.3 Å². The van der Waals surface area contributed by atoms with Crippen molar-refractivity contribution in [3.63, 3.8) is 0 Å². The van der Waals surface area contributed by atoms with Crippen LogP contribution in [0.2, 0.25) is 0 Å². The van der Waals surface area contributed by atoms with Crippen molar-refractivity contribution < 1.29 is 9.53 Å². The molecule has 0 radical (unpaired) electrons. The number of benzene rings is 1. The molecule has 1 amide bonds. The molecule has 1 N–H and O–H groups in total. The highest BCUT2D eigenvalue weighted by Gasteiger charge is 2.35. The van der Waals surface area contributed by atoms with Gasteiger partial charge in [0.25, 0.3) is 0 Å². The number of nitrogens with one attached hydrogen (secondary N) is 1. The number of fused-ring (bicyclic) bond motifs is 1. The molecule has 2 atom stereocenters. The Kier molecular flexibility index (Phi) is 4.63. The summed E-state index contributed by atoms with van der Waals surface area (Å²) >= 11 is 0. The molecule has 1 fully saturated rings. The smallest absolute Gasteiger partial charge is 0.230 e. The molecule has 0 aliphatic carbocycles. The second kappa shape index (κ2) is 7.22. The van der Waals surface area contributed by atoms with Gasteiger partial charge in [0.05, 0.1) is 23.2 Å². The third-order valence-electron chi connectivity index (χ3n) is 4.83. The van der Waals surface area contributed by atoms with Crippen LogP contribution in [0.1, 0.15) is 30.7 Å². The molecular formula is C21H21N3O2. The van der Waals surface area contributed by atoms with E-state index in [0.29, 0.717) is 13.0 Å². The van der Waals surface area contributed by atoms with Crippen molar-refractivity contribution in [2.75, 3.05) is 11.9 Å². The molecule has 4 rings (SSSR count). The van der Waals surface area contributed by atoms with Crippen molar-refractivity contribution in [2.24, 2.45) is 5.92 Å². The van der Waals surface area contributed by atoms with Crippen molar-refractivity contribution in [3.05, 3.63) is 66.1 Å². The van der Waals surface area contributed by atoms with Gasteiger partial charge in [-0.15, -0.1) is 0 Å². The standard InChI is InChI=1S/C21H21N3O2/c1-2-15-12-19(16-7-3-4-8-18(16)23-15)24-21(25)17-9-11-26-20(17)14-6-5-10-22-13-14/h3-8,10,12-13,17,20H,2,9,11H2,1H3,(H,23,24,25)/t17-,20+/m0/s1. The number of hydrogen-bond acceptors (Lipinski definition) is 4. The van der Waals surface area contributed by atoms with Crippen LogP contribution in [0.5, 0.6) is 0 Å². The van der Waals surface area contributed by atoms with Crippen molar-refractivity contribution in [1.82, 2.24) is 9.97 Å². The van der Waals surface area contributed by atoms with Crippen LogP contribution in [-0.2, 0) is 16.0 Å². The molecule has 1 saturated heterocycles. The number of nitrogens with zero attached hydrogens (tertiary/aromatic N) is 2. The molecule has 26 heavy (non-hydrogen) atoms. The summed E-state index contributed by atoms with van der Waals surface area (Å²) in [5.74, 6) is -0.244. The van der Waals surface area contributed by atoms with Crippen molar-refractivity contribution in [2.45, 2.75) is 25.9 Å². The van der Waals surface area contributed by atoms with Crippen LogP contribution in [0.25, 0.3) is 10.9 Å². The summed E-state index contributed by atoms with van der Waals surface area (Å²) in [4.78, 5) is 21.8. The topological polar surface area (TPSA) is 64.1 Å². The lowest BCUT2D eigenvalue weighted by Crippen LogP contribution is -2.25. The Hall–Kier alpha value is -2.79. The van der Waals surface area contributed by atoms with Crippen LogP contribution in [-0.4, -0.2) is 22.5 Å². The van der Waals surface area contributed by atoms with E-state index in [9.17, 15) is 4.79 Å². The van der Waals surface area contributed by atoms with Gasteiger partial charge in [0.2, 0.25) is 5.91 Å².